The SMILES string of the molecule is OCCCCCCCCCCCC#CC#CCCCCCCCCCCS. The molecule has 0 aromatic heterocycles. The summed E-state index contributed by atoms with van der Waals surface area (Å²) in [5.41, 5.74) is 0. The number of hydrogen-bond donors (Lipinski definition) is 2. The smallest absolute Gasteiger partial charge is 0.0431 e. The molecule has 0 aliphatic carbocycles. The van der Waals surface area contributed by atoms with Gasteiger partial charge in [-0.15, -0.1) is 0 Å². The summed E-state index contributed by atoms with van der Waals surface area (Å²) in [4.78, 5) is 0. The highest BCUT2D eigenvalue weighted by Crippen LogP contribution is 2.11. The molecule has 1 nitrogen and oxygen atoms in total. The average Bonchev–Trinajstić information content (AvgIpc) is 2.68. The fraction of sp³-hybridized carbons (Fsp3) is 0.840. The van der Waals surface area contributed by atoms with Crippen LogP contribution in [-0.4, -0.2) is 17.5 Å². The van der Waals surface area contributed by atoms with E-state index in [0.717, 1.165) is 25.0 Å². The van der Waals surface area contributed by atoms with Crippen LogP contribution in [0.2, 0.25) is 0 Å². The van der Waals surface area contributed by atoms with Gasteiger partial charge in [0.25, 0.3) is 0 Å². The largest absolute Gasteiger partial charge is 0.396 e. The van der Waals surface area contributed by atoms with Crippen molar-refractivity contribution in [2.45, 2.75) is 122 Å². The first-order chi connectivity index (χ1) is 13.4. The van der Waals surface area contributed by atoms with Crippen LogP contribution in [0.15, 0.2) is 0 Å². The molecule has 0 atom stereocenters. The Kier molecular flexibility index (Phi) is 24.9. The van der Waals surface area contributed by atoms with Crippen LogP contribution in [0.3, 0.4) is 0 Å². The van der Waals surface area contributed by atoms with Gasteiger partial charge in [0.15, 0.2) is 0 Å². The van der Waals surface area contributed by atoms with Crippen LogP contribution in [-0.2, 0) is 0 Å². The highest BCUT2D eigenvalue weighted by atomic mass is 32.1. The van der Waals surface area contributed by atoms with Crippen molar-refractivity contribution in [1.29, 1.82) is 0 Å². The fourth-order valence-corrected chi connectivity index (χ4v) is 3.39. The Morgan fingerprint density at radius 2 is 0.778 bits per heavy atom. The van der Waals surface area contributed by atoms with Gasteiger partial charge in [-0.3, -0.25) is 0 Å². The van der Waals surface area contributed by atoms with Crippen molar-refractivity contribution in [3.05, 3.63) is 0 Å². The summed E-state index contributed by atoms with van der Waals surface area (Å²) < 4.78 is 0. The Bertz CT molecular complexity index is 396. The van der Waals surface area contributed by atoms with Crippen molar-refractivity contribution in [2.24, 2.45) is 0 Å². The molecule has 0 rings (SSSR count). The summed E-state index contributed by atoms with van der Waals surface area (Å²) in [5.74, 6) is 13.4. The van der Waals surface area contributed by atoms with Gasteiger partial charge < -0.3 is 5.11 Å². The first kappa shape index (κ1) is 26.4. The minimum Gasteiger partial charge on any atom is -0.396 e. The number of unbranched alkanes of at least 4 members (excludes halogenated alkanes) is 17. The molecule has 0 saturated carbocycles. The third kappa shape index (κ3) is 25.4. The van der Waals surface area contributed by atoms with Gasteiger partial charge in [-0.1, -0.05) is 95.3 Å². The Balaban J connectivity index is 3.21. The second kappa shape index (κ2) is 25.4. The molecular weight excluding hydrogens is 348 g/mol. The first-order valence-corrected chi connectivity index (χ1v) is 12.2. The molecule has 27 heavy (non-hydrogen) atoms. The predicted octanol–water partition coefficient (Wildman–Crippen LogP) is 7.33. The predicted molar refractivity (Wildman–Crippen MR) is 124 cm³/mol. The molecule has 0 saturated heterocycles. The molecular formula is C25H44OS. The molecule has 0 heterocycles. The van der Waals surface area contributed by atoms with E-state index >= 15 is 0 Å². The highest BCUT2D eigenvalue weighted by molar-refractivity contribution is 7.80. The maximum Gasteiger partial charge on any atom is 0.0431 e. The van der Waals surface area contributed by atoms with E-state index in [-0.39, 0.29) is 0 Å². The number of aliphatic hydroxyl groups excluding tert-OH is 1. The standard InChI is InChI=1S/C25H44OS/c26-24-22-20-18-16-14-12-10-8-6-4-2-1-3-5-7-9-11-13-15-17-19-21-23-25-27/h26-27H,4,6-25H2. The molecule has 0 bridgehead atoms. The molecule has 156 valence electrons. The Hall–Kier alpha value is -0.570. The van der Waals surface area contributed by atoms with Gasteiger partial charge in [-0.25, -0.2) is 0 Å². The molecule has 2 heteroatoms. The second-order valence-electron chi connectivity index (χ2n) is 7.56. The molecule has 0 fully saturated rings. The molecule has 0 aromatic carbocycles. The molecule has 0 radical (unpaired) electrons. The van der Waals surface area contributed by atoms with Crippen LogP contribution in [0.5, 0.6) is 0 Å². The van der Waals surface area contributed by atoms with Crippen molar-refractivity contribution < 1.29 is 5.11 Å². The number of rotatable bonds is 19. The molecule has 0 aliphatic rings. The molecule has 1 N–H and O–H groups in total. The number of thiol groups is 1. The van der Waals surface area contributed by atoms with Gasteiger partial charge in [0, 0.05) is 19.4 Å². The summed E-state index contributed by atoms with van der Waals surface area (Å²) in [6.07, 6.45) is 24.0. The van der Waals surface area contributed by atoms with Crippen molar-refractivity contribution >= 4 is 12.6 Å². The van der Waals surface area contributed by atoms with Crippen LogP contribution in [0.4, 0.5) is 0 Å². The second-order valence-corrected chi connectivity index (χ2v) is 8.01. The normalized spacial score (nSPS) is 10.1. The Labute approximate surface area is 175 Å². The van der Waals surface area contributed by atoms with E-state index in [1.54, 1.807) is 0 Å². The summed E-state index contributed by atoms with van der Waals surface area (Å²) in [7, 11) is 0. The third-order valence-electron chi connectivity index (χ3n) is 4.91. The lowest BCUT2D eigenvalue weighted by Crippen LogP contribution is -1.84. The molecule has 0 unspecified atom stereocenters. The fourth-order valence-electron chi connectivity index (χ4n) is 3.16. The zero-order valence-electron chi connectivity index (χ0n) is 17.7. The minimum absolute atomic E-state index is 0.350. The van der Waals surface area contributed by atoms with Crippen molar-refractivity contribution in [2.75, 3.05) is 12.4 Å². The Morgan fingerprint density at radius 3 is 1.15 bits per heavy atom. The lowest BCUT2D eigenvalue weighted by Gasteiger charge is -2.00. The quantitative estimate of drug-likeness (QED) is 0.134. The van der Waals surface area contributed by atoms with Crippen LogP contribution >= 0.6 is 12.6 Å². The van der Waals surface area contributed by atoms with Crippen LogP contribution < -0.4 is 0 Å². The maximum absolute atomic E-state index is 8.72. The lowest BCUT2D eigenvalue weighted by molar-refractivity contribution is 0.282. The summed E-state index contributed by atoms with van der Waals surface area (Å²) >= 11 is 4.24. The average molecular weight is 393 g/mol. The van der Waals surface area contributed by atoms with Gasteiger partial charge in [-0.05, 0) is 43.3 Å². The van der Waals surface area contributed by atoms with Gasteiger partial charge in [0.2, 0.25) is 0 Å². The van der Waals surface area contributed by atoms with Gasteiger partial charge in [-0.2, -0.15) is 12.6 Å². The third-order valence-corrected chi connectivity index (χ3v) is 5.23. The number of aliphatic hydroxyl groups is 1. The number of hydrogen-bond acceptors (Lipinski definition) is 2. The lowest BCUT2D eigenvalue weighted by atomic mass is 10.1. The zero-order valence-corrected chi connectivity index (χ0v) is 18.6. The van der Waals surface area contributed by atoms with E-state index in [1.807, 2.05) is 0 Å². The molecule has 0 aromatic rings. The monoisotopic (exact) mass is 392 g/mol. The van der Waals surface area contributed by atoms with Crippen LogP contribution in [0.1, 0.15) is 122 Å². The van der Waals surface area contributed by atoms with Crippen molar-refractivity contribution in [3.8, 4) is 23.7 Å². The van der Waals surface area contributed by atoms with Gasteiger partial charge in [0.1, 0.15) is 0 Å². The minimum atomic E-state index is 0.350. The van der Waals surface area contributed by atoms with Crippen LogP contribution in [0.25, 0.3) is 0 Å². The summed E-state index contributed by atoms with van der Waals surface area (Å²) in [6, 6.07) is 0. The maximum atomic E-state index is 8.72. The molecule has 0 spiro atoms. The molecule has 0 amide bonds. The Morgan fingerprint density at radius 1 is 0.444 bits per heavy atom. The van der Waals surface area contributed by atoms with E-state index in [4.69, 9.17) is 5.11 Å². The topological polar surface area (TPSA) is 20.2 Å². The van der Waals surface area contributed by atoms with Crippen LogP contribution in [0, 0.1) is 23.7 Å². The highest BCUT2D eigenvalue weighted by Gasteiger charge is 1.92. The molecule has 0 aliphatic heterocycles. The van der Waals surface area contributed by atoms with E-state index in [0.29, 0.717) is 6.61 Å². The van der Waals surface area contributed by atoms with E-state index in [2.05, 4.69) is 36.3 Å². The van der Waals surface area contributed by atoms with E-state index < -0.39 is 0 Å². The summed E-state index contributed by atoms with van der Waals surface area (Å²) in [5, 5.41) is 8.72. The van der Waals surface area contributed by atoms with Crippen molar-refractivity contribution in [3.63, 3.8) is 0 Å². The summed E-state index contributed by atoms with van der Waals surface area (Å²) in [6.45, 7) is 0.350. The van der Waals surface area contributed by atoms with Gasteiger partial charge in [0.05, 0.1) is 0 Å². The van der Waals surface area contributed by atoms with Gasteiger partial charge >= 0.3 is 0 Å². The van der Waals surface area contributed by atoms with E-state index in [9.17, 15) is 0 Å². The first-order valence-electron chi connectivity index (χ1n) is 11.6. The van der Waals surface area contributed by atoms with E-state index in [1.165, 1.54) is 103 Å². The van der Waals surface area contributed by atoms with Crippen molar-refractivity contribution in [1.82, 2.24) is 0 Å². The zero-order chi connectivity index (χ0) is 19.7.